The Balaban J connectivity index is 1.68. The van der Waals surface area contributed by atoms with Crippen LogP contribution < -0.4 is 10.1 Å². The Labute approximate surface area is 172 Å². The van der Waals surface area contributed by atoms with Gasteiger partial charge in [-0.2, -0.15) is 0 Å². The van der Waals surface area contributed by atoms with Crippen molar-refractivity contribution in [1.82, 2.24) is 10.2 Å². The summed E-state index contributed by atoms with van der Waals surface area (Å²) in [5.74, 6) is 0.772. The van der Waals surface area contributed by atoms with E-state index in [1.165, 1.54) is 5.56 Å². The van der Waals surface area contributed by atoms with Gasteiger partial charge in [0.05, 0.1) is 19.4 Å². The molecule has 0 aliphatic carbocycles. The van der Waals surface area contributed by atoms with E-state index in [2.05, 4.69) is 41.7 Å². The molecule has 2 aromatic carbocycles. The zero-order chi connectivity index (χ0) is 20.8. The van der Waals surface area contributed by atoms with Gasteiger partial charge in [0.15, 0.2) is 6.10 Å². The SMILES string of the molecule is COc1cccc(CN(C[C@H]2CC(c3ccc(C)cc3)=NO2)C(=O)NC(C)C)c1. The molecule has 0 unspecified atom stereocenters. The number of rotatable bonds is 7. The molecule has 0 radical (unpaired) electrons. The van der Waals surface area contributed by atoms with Gasteiger partial charge in [0, 0.05) is 19.0 Å². The van der Waals surface area contributed by atoms with E-state index in [1.54, 1.807) is 12.0 Å². The molecule has 0 saturated carbocycles. The fourth-order valence-electron chi connectivity index (χ4n) is 3.24. The molecule has 29 heavy (non-hydrogen) atoms. The first-order valence-electron chi connectivity index (χ1n) is 9.92. The first kappa shape index (κ1) is 20.7. The van der Waals surface area contributed by atoms with E-state index in [0.29, 0.717) is 19.5 Å². The minimum Gasteiger partial charge on any atom is -0.497 e. The third kappa shape index (κ3) is 5.73. The van der Waals surface area contributed by atoms with Crippen LogP contribution in [-0.2, 0) is 11.4 Å². The normalized spacial score (nSPS) is 15.6. The largest absolute Gasteiger partial charge is 0.497 e. The second-order valence-electron chi connectivity index (χ2n) is 7.67. The molecule has 2 amide bonds. The summed E-state index contributed by atoms with van der Waals surface area (Å²) in [5.41, 5.74) is 4.19. The van der Waals surface area contributed by atoms with E-state index in [9.17, 15) is 4.79 Å². The molecule has 154 valence electrons. The maximum absolute atomic E-state index is 12.8. The number of carbonyl (C=O) groups is 1. The van der Waals surface area contributed by atoms with E-state index in [4.69, 9.17) is 9.57 Å². The van der Waals surface area contributed by atoms with Crippen molar-refractivity contribution in [1.29, 1.82) is 0 Å². The zero-order valence-corrected chi connectivity index (χ0v) is 17.5. The first-order chi connectivity index (χ1) is 13.9. The summed E-state index contributed by atoms with van der Waals surface area (Å²) in [6, 6.07) is 15.9. The summed E-state index contributed by atoms with van der Waals surface area (Å²) in [6.45, 7) is 6.88. The standard InChI is InChI=1S/C23H29N3O3/c1-16(2)24-23(27)26(14-18-6-5-7-20(12-18)28-4)15-21-13-22(25-29-21)19-10-8-17(3)9-11-19/h5-12,16,21H,13-15H2,1-4H3,(H,24,27)/t21-/m1/s1. The number of hydrogen-bond donors (Lipinski definition) is 1. The number of benzene rings is 2. The fraction of sp³-hybridized carbons (Fsp3) is 0.391. The van der Waals surface area contributed by atoms with Crippen molar-refractivity contribution in [3.8, 4) is 5.75 Å². The van der Waals surface area contributed by atoms with Gasteiger partial charge >= 0.3 is 6.03 Å². The smallest absolute Gasteiger partial charge is 0.318 e. The number of nitrogens with zero attached hydrogens (tertiary/aromatic N) is 2. The molecule has 0 aromatic heterocycles. The van der Waals surface area contributed by atoms with Gasteiger partial charge in [0.25, 0.3) is 0 Å². The van der Waals surface area contributed by atoms with E-state index in [1.807, 2.05) is 38.1 Å². The van der Waals surface area contributed by atoms with Gasteiger partial charge in [0.1, 0.15) is 5.75 Å². The summed E-state index contributed by atoms with van der Waals surface area (Å²) in [7, 11) is 1.64. The highest BCUT2D eigenvalue weighted by atomic mass is 16.6. The van der Waals surface area contributed by atoms with Gasteiger partial charge in [-0.05, 0) is 44.0 Å². The summed E-state index contributed by atoms with van der Waals surface area (Å²) in [6.07, 6.45) is 0.502. The first-order valence-corrected chi connectivity index (χ1v) is 9.92. The van der Waals surface area contributed by atoms with Crippen LogP contribution in [0.2, 0.25) is 0 Å². The lowest BCUT2D eigenvalue weighted by Gasteiger charge is -2.26. The van der Waals surface area contributed by atoms with Gasteiger partial charge < -0.3 is 19.8 Å². The molecule has 0 fully saturated rings. The predicted octanol–water partition coefficient (Wildman–Crippen LogP) is 4.12. The molecule has 1 N–H and O–H groups in total. The molecule has 0 bridgehead atoms. The Hall–Kier alpha value is -3.02. The highest BCUT2D eigenvalue weighted by Crippen LogP contribution is 2.20. The van der Waals surface area contributed by atoms with Gasteiger partial charge in [-0.1, -0.05) is 47.1 Å². The number of nitrogens with one attached hydrogen (secondary N) is 1. The van der Waals surface area contributed by atoms with Gasteiger partial charge in [-0.25, -0.2) is 4.79 Å². The minimum absolute atomic E-state index is 0.0548. The van der Waals surface area contributed by atoms with E-state index >= 15 is 0 Å². The van der Waals surface area contributed by atoms with Crippen molar-refractivity contribution >= 4 is 11.7 Å². The van der Waals surface area contributed by atoms with Crippen molar-refractivity contribution < 1.29 is 14.4 Å². The molecular weight excluding hydrogens is 366 g/mol. The van der Waals surface area contributed by atoms with Crippen LogP contribution >= 0.6 is 0 Å². The molecule has 1 atom stereocenters. The number of urea groups is 1. The fourth-order valence-corrected chi connectivity index (χ4v) is 3.24. The van der Waals surface area contributed by atoms with Crippen LogP contribution in [0.3, 0.4) is 0 Å². The quantitative estimate of drug-likeness (QED) is 0.767. The lowest BCUT2D eigenvalue weighted by molar-refractivity contribution is 0.0586. The molecule has 0 spiro atoms. The van der Waals surface area contributed by atoms with Crippen LogP contribution in [0.25, 0.3) is 0 Å². The van der Waals surface area contributed by atoms with Crippen LogP contribution in [0.5, 0.6) is 5.75 Å². The Bertz CT molecular complexity index is 862. The third-order valence-electron chi connectivity index (χ3n) is 4.75. The molecule has 3 rings (SSSR count). The molecule has 1 aliphatic heterocycles. The van der Waals surface area contributed by atoms with E-state index in [0.717, 1.165) is 22.6 Å². The average molecular weight is 396 g/mol. The van der Waals surface area contributed by atoms with Gasteiger partial charge in [0.2, 0.25) is 0 Å². The summed E-state index contributed by atoms with van der Waals surface area (Å²) < 4.78 is 5.30. The number of methoxy groups -OCH3 is 1. The monoisotopic (exact) mass is 395 g/mol. The summed E-state index contributed by atoms with van der Waals surface area (Å²) in [4.78, 5) is 20.2. The Morgan fingerprint density at radius 3 is 2.72 bits per heavy atom. The third-order valence-corrected chi connectivity index (χ3v) is 4.75. The second-order valence-corrected chi connectivity index (χ2v) is 7.67. The van der Waals surface area contributed by atoms with Crippen molar-refractivity contribution in [2.45, 2.75) is 45.9 Å². The Kier molecular flexibility index (Phi) is 6.75. The van der Waals surface area contributed by atoms with Gasteiger partial charge in [-0.3, -0.25) is 0 Å². The number of carbonyl (C=O) groups excluding carboxylic acids is 1. The van der Waals surface area contributed by atoms with E-state index < -0.39 is 0 Å². The topological polar surface area (TPSA) is 63.2 Å². The van der Waals surface area contributed by atoms with Crippen LogP contribution in [0.4, 0.5) is 4.79 Å². The van der Waals surface area contributed by atoms with Crippen molar-refractivity contribution in [2.75, 3.05) is 13.7 Å². The predicted molar refractivity (Wildman–Crippen MR) is 114 cm³/mol. The van der Waals surface area contributed by atoms with Gasteiger partial charge in [-0.15, -0.1) is 0 Å². The van der Waals surface area contributed by atoms with Crippen LogP contribution in [0.1, 0.15) is 37.0 Å². The summed E-state index contributed by atoms with van der Waals surface area (Å²) in [5, 5.41) is 7.24. The highest BCUT2D eigenvalue weighted by molar-refractivity contribution is 6.01. The van der Waals surface area contributed by atoms with E-state index in [-0.39, 0.29) is 18.2 Å². The van der Waals surface area contributed by atoms with Crippen LogP contribution in [0, 0.1) is 6.92 Å². The Morgan fingerprint density at radius 1 is 1.28 bits per heavy atom. The molecule has 1 aliphatic rings. The number of ether oxygens (including phenoxy) is 1. The maximum atomic E-state index is 12.8. The van der Waals surface area contributed by atoms with Crippen LogP contribution in [-0.4, -0.2) is 42.4 Å². The number of hydrogen-bond acceptors (Lipinski definition) is 4. The average Bonchev–Trinajstić information content (AvgIpc) is 3.16. The molecule has 1 heterocycles. The number of aryl methyl sites for hydroxylation is 1. The number of amides is 2. The van der Waals surface area contributed by atoms with Crippen molar-refractivity contribution in [3.63, 3.8) is 0 Å². The molecule has 2 aromatic rings. The van der Waals surface area contributed by atoms with Crippen molar-refractivity contribution in [3.05, 3.63) is 65.2 Å². The Morgan fingerprint density at radius 2 is 2.03 bits per heavy atom. The van der Waals surface area contributed by atoms with Crippen LogP contribution in [0.15, 0.2) is 53.7 Å². The minimum atomic E-state index is -0.171. The molecule has 0 saturated heterocycles. The summed E-state index contributed by atoms with van der Waals surface area (Å²) >= 11 is 0. The second kappa shape index (κ2) is 9.45. The lowest BCUT2D eigenvalue weighted by Crippen LogP contribution is -2.45. The number of oxime groups is 1. The van der Waals surface area contributed by atoms with Crippen molar-refractivity contribution in [2.24, 2.45) is 5.16 Å². The molecule has 6 nitrogen and oxygen atoms in total. The highest BCUT2D eigenvalue weighted by Gasteiger charge is 2.27. The molecule has 6 heteroatoms. The maximum Gasteiger partial charge on any atom is 0.318 e. The molecular formula is C23H29N3O3. The zero-order valence-electron chi connectivity index (χ0n) is 17.5. The lowest BCUT2D eigenvalue weighted by atomic mass is 10.0.